The van der Waals surface area contributed by atoms with E-state index in [1.165, 1.54) is 18.1 Å². The largest absolute Gasteiger partial charge is 0.421 e. The van der Waals surface area contributed by atoms with Crippen LogP contribution < -0.4 is 0 Å². The fraction of sp³-hybridized carbons (Fsp3) is 1.00. The van der Waals surface area contributed by atoms with Gasteiger partial charge in [-0.15, -0.1) is 0 Å². The van der Waals surface area contributed by atoms with Gasteiger partial charge in [-0.2, -0.15) is 11.1 Å². The Kier molecular flexibility index (Phi) is 9.65. The molecule has 0 rings (SSSR count). The molecule has 0 spiro atoms. The van der Waals surface area contributed by atoms with Crippen LogP contribution in [0.25, 0.3) is 0 Å². The third-order valence-electron chi connectivity index (χ3n) is 2.51. The summed E-state index contributed by atoms with van der Waals surface area (Å²) in [4.78, 5) is 0. The molecule has 0 fully saturated rings. The first-order chi connectivity index (χ1) is 6.24. The zero-order valence-corrected chi connectivity index (χ0v) is 13.7. The van der Waals surface area contributed by atoms with Gasteiger partial charge in [0, 0.05) is 7.11 Å². The molecule has 0 heterocycles. The molecule has 0 atom stereocenters. The van der Waals surface area contributed by atoms with Crippen LogP contribution in [0.15, 0.2) is 0 Å². The van der Waals surface area contributed by atoms with Crippen LogP contribution in [-0.2, 0) is 4.43 Å². The SMILES string of the molecule is CC[Si](Cl)(CC)CC.CO[Si](C)(C)C. The Hall–Kier alpha value is 0.684. The van der Waals surface area contributed by atoms with Gasteiger partial charge >= 0.3 is 0 Å². The van der Waals surface area contributed by atoms with Crippen molar-refractivity contribution >= 4 is 26.8 Å². The standard InChI is InChI=1S/C6H15ClSi.C4H12OSi/c1-4-8(7,5-2)6-3;1-5-6(2,3)4/h4-6H2,1-3H3;1-4H3. The molecule has 0 saturated heterocycles. The zero-order chi connectivity index (χ0) is 11.8. The summed E-state index contributed by atoms with van der Waals surface area (Å²) in [6.07, 6.45) is 0. The predicted octanol–water partition coefficient (Wildman–Crippen LogP) is 4.70. The summed E-state index contributed by atoms with van der Waals surface area (Å²) in [5.74, 6) is 0. The van der Waals surface area contributed by atoms with Crippen LogP contribution in [0.5, 0.6) is 0 Å². The summed E-state index contributed by atoms with van der Waals surface area (Å²) in [5, 5.41) is 0. The first-order valence-electron chi connectivity index (χ1n) is 5.48. The van der Waals surface area contributed by atoms with E-state index in [1.807, 2.05) is 0 Å². The molecule has 4 heteroatoms. The Morgan fingerprint density at radius 3 is 1.14 bits per heavy atom. The van der Waals surface area contributed by atoms with Gasteiger partial charge in [0.05, 0.1) is 0 Å². The van der Waals surface area contributed by atoms with Gasteiger partial charge in [-0.05, 0) is 37.8 Å². The van der Waals surface area contributed by atoms with Crippen LogP contribution in [-0.4, -0.2) is 22.8 Å². The summed E-state index contributed by atoms with van der Waals surface area (Å²) in [6, 6.07) is 3.67. The maximum absolute atomic E-state index is 6.23. The molecule has 0 aliphatic carbocycles. The van der Waals surface area contributed by atoms with Crippen molar-refractivity contribution in [3.63, 3.8) is 0 Å². The summed E-state index contributed by atoms with van der Waals surface area (Å²) >= 11 is 6.23. The lowest BCUT2D eigenvalue weighted by molar-refractivity contribution is 0.411. The Morgan fingerprint density at radius 2 is 1.14 bits per heavy atom. The second-order valence-electron chi connectivity index (χ2n) is 4.53. The van der Waals surface area contributed by atoms with Gasteiger partial charge in [-0.1, -0.05) is 20.8 Å². The third kappa shape index (κ3) is 10.8. The minimum absolute atomic E-state index is 1.13. The topological polar surface area (TPSA) is 9.23 Å². The van der Waals surface area contributed by atoms with E-state index in [0.29, 0.717) is 0 Å². The highest BCUT2D eigenvalue weighted by atomic mass is 35.6. The normalized spacial score (nSPS) is 12.0. The highest BCUT2D eigenvalue weighted by Gasteiger charge is 2.22. The van der Waals surface area contributed by atoms with Crippen LogP contribution in [0.4, 0.5) is 0 Å². The molecule has 0 aromatic heterocycles. The lowest BCUT2D eigenvalue weighted by Gasteiger charge is -2.17. The summed E-state index contributed by atoms with van der Waals surface area (Å²) in [7, 11) is -0.560. The van der Waals surface area contributed by atoms with Crippen molar-refractivity contribution in [3.05, 3.63) is 0 Å². The van der Waals surface area contributed by atoms with E-state index in [-0.39, 0.29) is 0 Å². The molecule has 88 valence electrons. The molecule has 1 nitrogen and oxygen atoms in total. The quantitative estimate of drug-likeness (QED) is 0.522. The van der Waals surface area contributed by atoms with E-state index in [9.17, 15) is 0 Å². The summed E-state index contributed by atoms with van der Waals surface area (Å²) in [6.45, 7) is 13.1. The lowest BCUT2D eigenvalue weighted by atomic mass is 10.9. The maximum Gasteiger partial charge on any atom is 0.183 e. The summed E-state index contributed by atoms with van der Waals surface area (Å²) < 4.78 is 5.08. The van der Waals surface area contributed by atoms with Crippen LogP contribution >= 0.6 is 11.1 Å². The van der Waals surface area contributed by atoms with E-state index in [2.05, 4.69) is 40.4 Å². The van der Waals surface area contributed by atoms with Crippen LogP contribution in [0, 0.1) is 0 Å². The Labute approximate surface area is 97.0 Å². The van der Waals surface area contributed by atoms with Gasteiger partial charge in [0.1, 0.15) is 0 Å². The predicted molar refractivity (Wildman–Crippen MR) is 73.4 cm³/mol. The number of hydrogen-bond donors (Lipinski definition) is 0. The second kappa shape index (κ2) is 7.91. The molecule has 0 radical (unpaired) electrons. The van der Waals surface area contributed by atoms with E-state index in [4.69, 9.17) is 15.5 Å². The van der Waals surface area contributed by atoms with E-state index < -0.39 is 15.7 Å². The molecule has 0 aromatic carbocycles. The van der Waals surface area contributed by atoms with Crippen molar-refractivity contribution in [1.29, 1.82) is 0 Å². The van der Waals surface area contributed by atoms with E-state index >= 15 is 0 Å². The first-order valence-corrected chi connectivity index (χ1v) is 12.5. The minimum Gasteiger partial charge on any atom is -0.421 e. The molecule has 0 N–H and O–H groups in total. The molecule has 14 heavy (non-hydrogen) atoms. The number of halogens is 1. The van der Waals surface area contributed by atoms with Crippen LogP contribution in [0.1, 0.15) is 20.8 Å². The fourth-order valence-corrected chi connectivity index (χ4v) is 2.25. The van der Waals surface area contributed by atoms with E-state index in [0.717, 1.165) is 0 Å². The van der Waals surface area contributed by atoms with E-state index in [1.54, 1.807) is 7.11 Å². The molecule has 0 aliphatic heterocycles. The van der Waals surface area contributed by atoms with Gasteiger partial charge in [-0.25, -0.2) is 0 Å². The Bertz CT molecular complexity index is 122. The van der Waals surface area contributed by atoms with Crippen molar-refractivity contribution in [2.75, 3.05) is 7.11 Å². The summed E-state index contributed by atoms with van der Waals surface area (Å²) in [5.41, 5.74) is 0. The van der Waals surface area contributed by atoms with Crippen molar-refractivity contribution in [3.8, 4) is 0 Å². The highest BCUT2D eigenvalue weighted by Crippen LogP contribution is 2.23. The smallest absolute Gasteiger partial charge is 0.183 e. The average molecular weight is 255 g/mol. The molecule has 0 saturated carbocycles. The fourth-order valence-electron chi connectivity index (χ4n) is 0.750. The first kappa shape index (κ1) is 17.1. The van der Waals surface area contributed by atoms with Gasteiger partial charge in [0.15, 0.2) is 15.7 Å². The molecule has 0 unspecified atom stereocenters. The number of rotatable bonds is 4. The van der Waals surface area contributed by atoms with Gasteiger partial charge in [0.25, 0.3) is 0 Å². The molecule has 0 bridgehead atoms. The van der Waals surface area contributed by atoms with Gasteiger partial charge in [-0.3, -0.25) is 0 Å². The molecule has 0 aromatic rings. The molecule has 0 amide bonds. The Morgan fingerprint density at radius 1 is 0.929 bits per heavy atom. The van der Waals surface area contributed by atoms with Crippen LogP contribution in [0.3, 0.4) is 0 Å². The third-order valence-corrected chi connectivity index (χ3v) is 9.95. The van der Waals surface area contributed by atoms with Crippen LogP contribution in [0.2, 0.25) is 37.8 Å². The van der Waals surface area contributed by atoms with Crippen molar-refractivity contribution in [1.82, 2.24) is 0 Å². The molecule has 0 aliphatic rings. The minimum atomic E-state index is -1.20. The molecular weight excluding hydrogens is 228 g/mol. The lowest BCUT2D eigenvalue weighted by Crippen LogP contribution is -2.22. The van der Waals surface area contributed by atoms with Gasteiger partial charge in [0.2, 0.25) is 0 Å². The van der Waals surface area contributed by atoms with Crippen molar-refractivity contribution in [2.24, 2.45) is 0 Å². The second-order valence-corrected chi connectivity index (χ2v) is 16.0. The van der Waals surface area contributed by atoms with Crippen molar-refractivity contribution in [2.45, 2.75) is 58.5 Å². The maximum atomic E-state index is 6.23. The highest BCUT2D eigenvalue weighted by molar-refractivity contribution is 7.20. The monoisotopic (exact) mass is 254 g/mol. The Balaban J connectivity index is 0. The zero-order valence-electron chi connectivity index (χ0n) is 10.9. The number of hydrogen-bond acceptors (Lipinski definition) is 1. The van der Waals surface area contributed by atoms with Crippen molar-refractivity contribution < 1.29 is 4.43 Å². The average Bonchev–Trinajstić information content (AvgIpc) is 2.16. The van der Waals surface area contributed by atoms with Gasteiger partial charge < -0.3 is 4.43 Å². The molecular formula is C10H27ClOSi2.